The van der Waals surface area contributed by atoms with Crippen LogP contribution in [0.1, 0.15) is 31.2 Å². The molecule has 0 spiro atoms. The van der Waals surface area contributed by atoms with Crippen molar-refractivity contribution in [3.63, 3.8) is 0 Å². The molecule has 1 aromatic rings. The van der Waals surface area contributed by atoms with Crippen LogP contribution in [0, 0.1) is 6.92 Å². The smallest absolute Gasteiger partial charge is 0.313 e. The Morgan fingerprint density at radius 3 is 2.47 bits per heavy atom. The Labute approximate surface area is 116 Å². The van der Waals surface area contributed by atoms with Gasteiger partial charge >= 0.3 is 6.18 Å². The first-order valence-electron chi connectivity index (χ1n) is 6.22. The monoisotopic (exact) mass is 297 g/mol. The maximum absolute atomic E-state index is 12.5. The summed E-state index contributed by atoms with van der Waals surface area (Å²) in [5, 5.41) is 7.49. The Morgan fingerprint density at radius 2 is 2.05 bits per heavy atom. The third-order valence-corrected chi connectivity index (χ3v) is 3.35. The van der Waals surface area contributed by atoms with E-state index in [4.69, 9.17) is 11.6 Å². The van der Waals surface area contributed by atoms with Gasteiger partial charge in [0.25, 0.3) is 0 Å². The summed E-state index contributed by atoms with van der Waals surface area (Å²) in [4.78, 5) is 0. The molecule has 0 radical (unpaired) electrons. The van der Waals surface area contributed by atoms with Crippen molar-refractivity contribution in [3.8, 4) is 0 Å². The van der Waals surface area contributed by atoms with E-state index in [1.54, 1.807) is 18.7 Å². The molecule has 0 saturated carbocycles. The number of hydrogen-bond donors (Lipinski definition) is 1. The molecule has 0 bridgehead atoms. The van der Waals surface area contributed by atoms with Crippen LogP contribution < -0.4 is 5.32 Å². The van der Waals surface area contributed by atoms with Gasteiger partial charge in [-0.2, -0.15) is 18.3 Å². The zero-order valence-corrected chi connectivity index (χ0v) is 12.1. The van der Waals surface area contributed by atoms with Crippen LogP contribution in [0.2, 0.25) is 5.02 Å². The number of nitrogens with one attached hydrogen (secondary N) is 1. The second-order valence-corrected chi connectivity index (χ2v) is 5.02. The fourth-order valence-electron chi connectivity index (χ4n) is 1.98. The quantitative estimate of drug-likeness (QED) is 0.873. The van der Waals surface area contributed by atoms with Crippen molar-refractivity contribution in [2.45, 2.75) is 45.3 Å². The normalized spacial score (nSPS) is 13.8. The van der Waals surface area contributed by atoms with Crippen LogP contribution in [0.5, 0.6) is 0 Å². The molecule has 0 aliphatic rings. The van der Waals surface area contributed by atoms with Crippen molar-refractivity contribution in [1.82, 2.24) is 15.1 Å². The van der Waals surface area contributed by atoms with Crippen molar-refractivity contribution in [1.29, 1.82) is 0 Å². The lowest BCUT2D eigenvalue weighted by Crippen LogP contribution is -2.36. The van der Waals surface area contributed by atoms with E-state index in [9.17, 15) is 13.2 Å². The van der Waals surface area contributed by atoms with E-state index >= 15 is 0 Å². The highest BCUT2D eigenvalue weighted by Crippen LogP contribution is 2.26. The van der Waals surface area contributed by atoms with Gasteiger partial charge in [-0.3, -0.25) is 4.68 Å². The average molecular weight is 298 g/mol. The summed E-state index contributed by atoms with van der Waals surface area (Å²) < 4.78 is 39.2. The number of aromatic nitrogens is 2. The molecular formula is C12H19ClF3N3. The predicted molar refractivity (Wildman–Crippen MR) is 69.4 cm³/mol. The minimum Gasteiger partial charge on any atom is -0.313 e. The third-order valence-electron chi connectivity index (χ3n) is 2.86. The van der Waals surface area contributed by atoms with Crippen LogP contribution in [-0.4, -0.2) is 28.5 Å². The van der Waals surface area contributed by atoms with E-state index in [1.165, 1.54) is 0 Å². The molecule has 1 aromatic heterocycles. The van der Waals surface area contributed by atoms with E-state index in [-0.39, 0.29) is 6.42 Å². The summed E-state index contributed by atoms with van der Waals surface area (Å²) in [7, 11) is 1.69. The lowest BCUT2D eigenvalue weighted by Gasteiger charge is -2.20. The Balaban J connectivity index is 2.81. The topological polar surface area (TPSA) is 29.9 Å². The first-order valence-corrected chi connectivity index (χ1v) is 6.60. The molecule has 1 rings (SSSR count). The summed E-state index contributed by atoms with van der Waals surface area (Å²) in [6, 6.07) is -0.674. The fraction of sp³-hybridized carbons (Fsp3) is 0.750. The molecule has 0 aliphatic carbocycles. The van der Waals surface area contributed by atoms with Crippen LogP contribution in [0.15, 0.2) is 0 Å². The van der Waals surface area contributed by atoms with Crippen LogP contribution >= 0.6 is 11.6 Å². The largest absolute Gasteiger partial charge is 0.390 e. The molecule has 0 saturated heterocycles. The molecule has 19 heavy (non-hydrogen) atoms. The van der Waals surface area contributed by atoms with Crippen LogP contribution in [0.3, 0.4) is 0 Å². The molecule has 1 N–H and O–H groups in total. The van der Waals surface area contributed by atoms with Crippen LogP contribution in [-0.2, 0) is 13.5 Å². The summed E-state index contributed by atoms with van der Waals surface area (Å²) in [5.41, 5.74) is 1.28. The Morgan fingerprint density at radius 1 is 1.42 bits per heavy atom. The predicted octanol–water partition coefficient (Wildman–Crippen LogP) is 3.25. The fourth-order valence-corrected chi connectivity index (χ4v) is 2.22. The second-order valence-electron chi connectivity index (χ2n) is 4.64. The maximum Gasteiger partial charge on any atom is 0.390 e. The van der Waals surface area contributed by atoms with Gasteiger partial charge in [0.05, 0.1) is 22.8 Å². The molecule has 0 aromatic carbocycles. The lowest BCUT2D eigenvalue weighted by molar-refractivity contribution is -0.140. The van der Waals surface area contributed by atoms with Gasteiger partial charge in [0.1, 0.15) is 0 Å². The Kier molecular flexibility index (Phi) is 5.67. The van der Waals surface area contributed by atoms with E-state index in [0.29, 0.717) is 23.0 Å². The first-order chi connectivity index (χ1) is 8.74. The maximum atomic E-state index is 12.5. The van der Waals surface area contributed by atoms with Gasteiger partial charge in [-0.05, 0) is 19.9 Å². The molecule has 1 unspecified atom stereocenters. The minimum absolute atomic E-state index is 0.218. The zero-order valence-electron chi connectivity index (χ0n) is 11.3. The van der Waals surface area contributed by atoms with Crippen molar-refractivity contribution >= 4 is 11.6 Å². The van der Waals surface area contributed by atoms with Gasteiger partial charge in [0.15, 0.2) is 0 Å². The molecule has 0 fully saturated rings. The van der Waals surface area contributed by atoms with Gasteiger partial charge in [-0.25, -0.2) is 0 Å². The second kappa shape index (κ2) is 6.61. The number of alkyl halides is 3. The molecular weight excluding hydrogens is 279 g/mol. The summed E-state index contributed by atoms with van der Waals surface area (Å²) in [6.45, 7) is 4.21. The number of halogens is 4. The third kappa shape index (κ3) is 5.03. The molecule has 110 valence electrons. The Hall–Kier alpha value is -0.750. The van der Waals surface area contributed by atoms with Crippen molar-refractivity contribution in [2.24, 2.45) is 7.05 Å². The van der Waals surface area contributed by atoms with Crippen LogP contribution in [0.4, 0.5) is 13.2 Å². The van der Waals surface area contributed by atoms with E-state index in [1.807, 2.05) is 6.92 Å². The molecule has 3 nitrogen and oxygen atoms in total. The SMILES string of the molecule is CCCNC(Cc1c(Cl)c(C)nn1C)CC(F)(F)F. The van der Waals surface area contributed by atoms with E-state index in [2.05, 4.69) is 10.4 Å². The number of rotatable bonds is 6. The molecule has 7 heteroatoms. The Bertz CT molecular complexity index is 415. The highest BCUT2D eigenvalue weighted by molar-refractivity contribution is 6.31. The van der Waals surface area contributed by atoms with Gasteiger partial charge < -0.3 is 5.32 Å². The summed E-state index contributed by atoms with van der Waals surface area (Å²) in [6.07, 6.45) is -4.05. The highest BCUT2D eigenvalue weighted by Gasteiger charge is 2.32. The van der Waals surface area contributed by atoms with Crippen molar-refractivity contribution in [3.05, 3.63) is 16.4 Å². The van der Waals surface area contributed by atoms with E-state index < -0.39 is 18.6 Å². The first kappa shape index (κ1) is 16.3. The van der Waals surface area contributed by atoms with Gasteiger partial charge in [-0.1, -0.05) is 18.5 Å². The molecule has 1 atom stereocenters. The van der Waals surface area contributed by atoms with Gasteiger partial charge in [0, 0.05) is 19.5 Å². The summed E-state index contributed by atoms with van der Waals surface area (Å²) in [5.74, 6) is 0. The van der Waals surface area contributed by atoms with Gasteiger partial charge in [0.2, 0.25) is 0 Å². The average Bonchev–Trinajstić information content (AvgIpc) is 2.51. The van der Waals surface area contributed by atoms with Crippen molar-refractivity contribution in [2.75, 3.05) is 6.54 Å². The standard InChI is InChI=1S/C12H19ClF3N3/c1-4-5-17-9(7-12(14,15)16)6-10-11(13)8(2)18-19(10)3/h9,17H,4-7H2,1-3H3. The molecule has 1 heterocycles. The van der Waals surface area contributed by atoms with Crippen LogP contribution in [0.25, 0.3) is 0 Å². The molecule has 0 amide bonds. The molecule has 0 aliphatic heterocycles. The minimum atomic E-state index is -4.19. The number of hydrogen-bond acceptors (Lipinski definition) is 2. The summed E-state index contributed by atoms with van der Waals surface area (Å²) >= 11 is 6.07. The lowest BCUT2D eigenvalue weighted by atomic mass is 10.1. The van der Waals surface area contributed by atoms with E-state index in [0.717, 1.165) is 6.42 Å². The highest BCUT2D eigenvalue weighted by atomic mass is 35.5. The van der Waals surface area contributed by atoms with Crippen molar-refractivity contribution < 1.29 is 13.2 Å². The number of nitrogens with zero attached hydrogens (tertiary/aromatic N) is 2. The van der Waals surface area contributed by atoms with Gasteiger partial charge in [-0.15, -0.1) is 0 Å². The number of aryl methyl sites for hydroxylation is 2. The zero-order chi connectivity index (χ0) is 14.6.